The van der Waals surface area contributed by atoms with Crippen molar-refractivity contribution in [3.05, 3.63) is 29.8 Å². The molecule has 0 heterocycles. The Hall–Kier alpha value is -1.02. The third-order valence-corrected chi connectivity index (χ3v) is 2.16. The fourth-order valence-corrected chi connectivity index (χ4v) is 1.46. The van der Waals surface area contributed by atoms with Crippen molar-refractivity contribution in [1.29, 1.82) is 0 Å². The summed E-state index contributed by atoms with van der Waals surface area (Å²) in [5, 5.41) is 3.39. The second kappa shape index (κ2) is 5.66. The van der Waals surface area contributed by atoms with Gasteiger partial charge in [0, 0.05) is 18.8 Å². The van der Waals surface area contributed by atoms with Crippen molar-refractivity contribution in [3.63, 3.8) is 0 Å². The van der Waals surface area contributed by atoms with E-state index >= 15 is 0 Å². The zero-order valence-electron chi connectivity index (χ0n) is 9.21. The van der Waals surface area contributed by atoms with Crippen LogP contribution in [0.3, 0.4) is 0 Å². The molecule has 1 rings (SSSR count). The highest BCUT2D eigenvalue weighted by atomic mass is 16.5. The number of hydrogen-bond donors (Lipinski definition) is 1. The SMILES string of the molecule is CCc1cccc(N[C@H](C)COC)c1. The first kappa shape index (κ1) is 11.1. The number of anilines is 1. The molecule has 1 atom stereocenters. The van der Waals surface area contributed by atoms with E-state index in [1.807, 2.05) is 0 Å². The van der Waals surface area contributed by atoms with Crippen molar-refractivity contribution < 1.29 is 4.74 Å². The second-order valence-corrected chi connectivity index (χ2v) is 3.55. The Kier molecular flexibility index (Phi) is 4.47. The van der Waals surface area contributed by atoms with E-state index in [0.29, 0.717) is 6.04 Å². The van der Waals surface area contributed by atoms with Gasteiger partial charge in [0.15, 0.2) is 0 Å². The smallest absolute Gasteiger partial charge is 0.0661 e. The van der Waals surface area contributed by atoms with E-state index in [4.69, 9.17) is 4.74 Å². The highest BCUT2D eigenvalue weighted by molar-refractivity contribution is 5.46. The van der Waals surface area contributed by atoms with E-state index in [9.17, 15) is 0 Å². The van der Waals surface area contributed by atoms with Gasteiger partial charge in [-0.1, -0.05) is 19.1 Å². The Labute approximate surface area is 86.3 Å². The van der Waals surface area contributed by atoms with Gasteiger partial charge in [-0.25, -0.2) is 0 Å². The Morgan fingerprint density at radius 2 is 2.21 bits per heavy atom. The van der Waals surface area contributed by atoms with Crippen LogP contribution in [0.2, 0.25) is 0 Å². The van der Waals surface area contributed by atoms with Gasteiger partial charge in [0.25, 0.3) is 0 Å². The van der Waals surface area contributed by atoms with Crippen LogP contribution < -0.4 is 5.32 Å². The molecule has 78 valence electrons. The maximum absolute atomic E-state index is 5.07. The fourth-order valence-electron chi connectivity index (χ4n) is 1.46. The molecule has 0 saturated carbocycles. The van der Waals surface area contributed by atoms with Gasteiger partial charge in [0.05, 0.1) is 6.61 Å². The fraction of sp³-hybridized carbons (Fsp3) is 0.500. The van der Waals surface area contributed by atoms with Gasteiger partial charge in [0.1, 0.15) is 0 Å². The molecular formula is C12H19NO. The molecule has 0 radical (unpaired) electrons. The maximum atomic E-state index is 5.07. The lowest BCUT2D eigenvalue weighted by Gasteiger charge is -2.14. The summed E-state index contributed by atoms with van der Waals surface area (Å²) in [4.78, 5) is 0. The third-order valence-electron chi connectivity index (χ3n) is 2.16. The molecule has 0 fully saturated rings. The molecule has 0 spiro atoms. The van der Waals surface area contributed by atoms with Gasteiger partial charge >= 0.3 is 0 Å². The van der Waals surface area contributed by atoms with Crippen LogP contribution in [0.4, 0.5) is 5.69 Å². The first-order chi connectivity index (χ1) is 6.76. The van der Waals surface area contributed by atoms with E-state index in [0.717, 1.165) is 13.0 Å². The number of hydrogen-bond acceptors (Lipinski definition) is 2. The lowest BCUT2D eigenvalue weighted by Crippen LogP contribution is -2.20. The summed E-state index contributed by atoms with van der Waals surface area (Å²) >= 11 is 0. The minimum absolute atomic E-state index is 0.354. The molecule has 2 heteroatoms. The first-order valence-corrected chi connectivity index (χ1v) is 5.10. The third kappa shape index (κ3) is 3.38. The summed E-state index contributed by atoms with van der Waals surface area (Å²) in [7, 11) is 1.72. The molecule has 0 unspecified atom stereocenters. The van der Waals surface area contributed by atoms with E-state index in [1.165, 1.54) is 11.3 Å². The largest absolute Gasteiger partial charge is 0.383 e. The first-order valence-electron chi connectivity index (χ1n) is 5.10. The molecule has 1 N–H and O–H groups in total. The molecule has 0 aliphatic rings. The van der Waals surface area contributed by atoms with E-state index in [2.05, 4.69) is 43.4 Å². The minimum Gasteiger partial charge on any atom is -0.383 e. The molecule has 0 bridgehead atoms. The van der Waals surface area contributed by atoms with Crippen LogP contribution in [-0.2, 0) is 11.2 Å². The summed E-state index contributed by atoms with van der Waals surface area (Å²) < 4.78 is 5.07. The topological polar surface area (TPSA) is 21.3 Å². The molecule has 14 heavy (non-hydrogen) atoms. The molecule has 0 saturated heterocycles. The molecule has 0 aromatic heterocycles. The normalized spacial score (nSPS) is 12.5. The number of rotatable bonds is 5. The van der Waals surface area contributed by atoms with Gasteiger partial charge in [-0.15, -0.1) is 0 Å². The molecule has 2 nitrogen and oxygen atoms in total. The van der Waals surface area contributed by atoms with Crippen LogP contribution in [0.1, 0.15) is 19.4 Å². The van der Waals surface area contributed by atoms with E-state index < -0.39 is 0 Å². The van der Waals surface area contributed by atoms with Crippen molar-refractivity contribution in [2.75, 3.05) is 19.0 Å². The zero-order valence-corrected chi connectivity index (χ0v) is 9.21. The van der Waals surface area contributed by atoms with Crippen LogP contribution in [-0.4, -0.2) is 19.8 Å². The lowest BCUT2D eigenvalue weighted by molar-refractivity contribution is 0.190. The van der Waals surface area contributed by atoms with Crippen molar-refractivity contribution in [2.24, 2.45) is 0 Å². The summed E-state index contributed by atoms with van der Waals surface area (Å²) in [5.41, 5.74) is 2.54. The van der Waals surface area contributed by atoms with Gasteiger partial charge in [-0.2, -0.15) is 0 Å². The van der Waals surface area contributed by atoms with Gasteiger partial charge < -0.3 is 10.1 Å². The Morgan fingerprint density at radius 3 is 2.86 bits per heavy atom. The van der Waals surface area contributed by atoms with Crippen LogP contribution in [0.25, 0.3) is 0 Å². The Bertz CT molecular complexity index is 273. The van der Waals surface area contributed by atoms with Gasteiger partial charge in [0.2, 0.25) is 0 Å². The average Bonchev–Trinajstić information content (AvgIpc) is 2.18. The highest BCUT2D eigenvalue weighted by Gasteiger charge is 2.00. The van der Waals surface area contributed by atoms with Crippen LogP contribution in [0.15, 0.2) is 24.3 Å². The number of methoxy groups -OCH3 is 1. The maximum Gasteiger partial charge on any atom is 0.0661 e. The second-order valence-electron chi connectivity index (χ2n) is 3.55. The van der Waals surface area contributed by atoms with E-state index in [-0.39, 0.29) is 0 Å². The zero-order chi connectivity index (χ0) is 10.4. The number of benzene rings is 1. The standard InChI is InChI=1S/C12H19NO/c1-4-11-6-5-7-12(8-11)13-10(2)9-14-3/h5-8,10,13H,4,9H2,1-3H3/t10-/m1/s1. The monoisotopic (exact) mass is 193 g/mol. The Balaban J connectivity index is 2.57. The highest BCUT2D eigenvalue weighted by Crippen LogP contribution is 2.12. The van der Waals surface area contributed by atoms with E-state index in [1.54, 1.807) is 7.11 Å². The minimum atomic E-state index is 0.354. The van der Waals surface area contributed by atoms with Crippen molar-refractivity contribution in [1.82, 2.24) is 0 Å². The van der Waals surface area contributed by atoms with Crippen molar-refractivity contribution in [3.8, 4) is 0 Å². The molecule has 1 aromatic carbocycles. The van der Waals surface area contributed by atoms with Crippen LogP contribution >= 0.6 is 0 Å². The number of ether oxygens (including phenoxy) is 1. The van der Waals surface area contributed by atoms with Crippen molar-refractivity contribution >= 4 is 5.69 Å². The predicted molar refractivity (Wildman–Crippen MR) is 60.8 cm³/mol. The lowest BCUT2D eigenvalue weighted by atomic mass is 10.1. The van der Waals surface area contributed by atoms with Gasteiger partial charge in [-0.05, 0) is 31.0 Å². The average molecular weight is 193 g/mol. The Morgan fingerprint density at radius 1 is 1.43 bits per heavy atom. The van der Waals surface area contributed by atoms with Crippen LogP contribution in [0.5, 0.6) is 0 Å². The molecule has 0 aliphatic heterocycles. The quantitative estimate of drug-likeness (QED) is 0.776. The van der Waals surface area contributed by atoms with Crippen LogP contribution in [0, 0.1) is 0 Å². The molecular weight excluding hydrogens is 174 g/mol. The summed E-state index contributed by atoms with van der Waals surface area (Å²) in [6, 6.07) is 8.86. The summed E-state index contributed by atoms with van der Waals surface area (Å²) in [6.45, 7) is 5.01. The number of nitrogens with one attached hydrogen (secondary N) is 1. The summed E-state index contributed by atoms with van der Waals surface area (Å²) in [5.74, 6) is 0. The number of aryl methyl sites for hydroxylation is 1. The molecule has 1 aromatic rings. The molecule has 0 aliphatic carbocycles. The molecule has 0 amide bonds. The predicted octanol–water partition coefficient (Wildman–Crippen LogP) is 2.70. The summed E-state index contributed by atoms with van der Waals surface area (Å²) in [6.07, 6.45) is 1.08. The van der Waals surface area contributed by atoms with Crippen molar-refractivity contribution in [2.45, 2.75) is 26.3 Å². The van der Waals surface area contributed by atoms with Gasteiger partial charge in [-0.3, -0.25) is 0 Å².